The van der Waals surface area contributed by atoms with Crippen molar-refractivity contribution < 1.29 is 14.0 Å². The van der Waals surface area contributed by atoms with E-state index in [0.717, 1.165) is 16.9 Å². The minimum absolute atomic E-state index is 0.238. The van der Waals surface area contributed by atoms with Gasteiger partial charge in [0, 0.05) is 23.4 Å². The van der Waals surface area contributed by atoms with E-state index >= 15 is 0 Å². The lowest BCUT2D eigenvalue weighted by Gasteiger charge is -2.26. The molecule has 0 atom stereocenters. The summed E-state index contributed by atoms with van der Waals surface area (Å²) in [6.45, 7) is 0.412. The van der Waals surface area contributed by atoms with Gasteiger partial charge in [0.05, 0.1) is 11.4 Å². The lowest BCUT2D eigenvalue weighted by atomic mass is 10.0. The molecule has 0 heterocycles. The minimum atomic E-state index is -0.372. The van der Waals surface area contributed by atoms with Gasteiger partial charge in [0.15, 0.2) is 0 Å². The number of halogens is 1. The minimum Gasteiger partial charge on any atom is -0.397 e. The number of anilines is 2. The van der Waals surface area contributed by atoms with Gasteiger partial charge in [-0.25, -0.2) is 4.39 Å². The fourth-order valence-electron chi connectivity index (χ4n) is 3.72. The van der Waals surface area contributed by atoms with Crippen LogP contribution >= 0.6 is 11.8 Å². The van der Waals surface area contributed by atoms with Crippen LogP contribution in [0.3, 0.4) is 0 Å². The number of hydrogen-bond donors (Lipinski definition) is 2. The number of primary amides is 1. The number of thioether (sulfide) groups is 1. The molecule has 0 unspecified atom stereocenters. The second-order valence-corrected chi connectivity index (χ2v) is 9.01. The number of nitrogens with two attached hydrogens (primary N) is 2. The molecule has 0 aromatic heterocycles. The third-order valence-corrected chi connectivity index (χ3v) is 6.33. The summed E-state index contributed by atoms with van der Waals surface area (Å²) < 4.78 is 13.7. The van der Waals surface area contributed by atoms with E-state index in [1.54, 1.807) is 34.9 Å². The molecule has 4 N–H and O–H groups in total. The highest BCUT2D eigenvalue weighted by molar-refractivity contribution is 7.98. The summed E-state index contributed by atoms with van der Waals surface area (Å²) in [7, 11) is 0. The average molecular weight is 492 g/mol. The molecule has 0 radical (unpaired) electrons. The predicted octanol–water partition coefficient (Wildman–Crippen LogP) is 5.75. The quantitative estimate of drug-likeness (QED) is 0.118. The van der Waals surface area contributed by atoms with Gasteiger partial charge in [-0.3, -0.25) is 9.59 Å². The third-order valence-electron chi connectivity index (χ3n) is 5.59. The molecule has 182 valence electrons. The summed E-state index contributed by atoms with van der Waals surface area (Å²) >= 11 is 1.64. The first-order valence-corrected chi connectivity index (χ1v) is 12.7. The van der Waals surface area contributed by atoms with Crippen LogP contribution < -0.4 is 16.4 Å². The van der Waals surface area contributed by atoms with E-state index in [1.807, 2.05) is 54.8 Å². The van der Waals surface area contributed by atoms with Crippen LogP contribution in [0.25, 0.3) is 11.6 Å². The van der Waals surface area contributed by atoms with Crippen LogP contribution in [0.5, 0.6) is 0 Å². The van der Waals surface area contributed by atoms with Crippen LogP contribution in [-0.2, 0) is 9.59 Å². The molecule has 3 rings (SSSR count). The fraction of sp³-hybridized carbons (Fsp3) is 0.214. The van der Waals surface area contributed by atoms with Gasteiger partial charge in [0.2, 0.25) is 5.91 Å². The Hall–Kier alpha value is -3.58. The zero-order valence-corrected chi connectivity index (χ0v) is 20.6. The molecule has 0 fully saturated rings. The Kier molecular flexibility index (Phi) is 9.49. The van der Waals surface area contributed by atoms with Crippen LogP contribution in [0.2, 0.25) is 0 Å². The second kappa shape index (κ2) is 12.8. The molecular weight excluding hydrogens is 461 g/mol. The number of nitrogens with zero attached hydrogens (tertiary/aromatic N) is 1. The van der Waals surface area contributed by atoms with E-state index in [4.69, 9.17) is 11.5 Å². The predicted molar refractivity (Wildman–Crippen MR) is 143 cm³/mol. The van der Waals surface area contributed by atoms with E-state index in [0.29, 0.717) is 48.3 Å². The monoisotopic (exact) mass is 491 g/mol. The molecule has 7 heteroatoms. The molecular formula is C28H30FN3O2S. The SMILES string of the molecule is CSc1ccc(/C=C(/C(=O)N(CCCCCC(N)=O)c2ccccc2N)c2ccc(F)cc2)cc1. The van der Waals surface area contributed by atoms with Crippen LogP contribution in [0, 0.1) is 5.82 Å². The first-order valence-electron chi connectivity index (χ1n) is 11.5. The smallest absolute Gasteiger partial charge is 0.258 e. The molecule has 5 nitrogen and oxygen atoms in total. The van der Waals surface area contributed by atoms with Gasteiger partial charge in [-0.1, -0.05) is 42.8 Å². The topological polar surface area (TPSA) is 89.4 Å². The van der Waals surface area contributed by atoms with Gasteiger partial charge in [0.1, 0.15) is 5.82 Å². The highest BCUT2D eigenvalue weighted by atomic mass is 32.2. The molecule has 0 aliphatic carbocycles. The van der Waals surface area contributed by atoms with E-state index in [-0.39, 0.29) is 17.6 Å². The van der Waals surface area contributed by atoms with E-state index in [2.05, 4.69) is 0 Å². The van der Waals surface area contributed by atoms with Crippen LogP contribution in [0.15, 0.2) is 77.7 Å². The van der Waals surface area contributed by atoms with Crippen molar-refractivity contribution >= 4 is 46.6 Å². The van der Waals surface area contributed by atoms with Gasteiger partial charge in [-0.2, -0.15) is 0 Å². The largest absolute Gasteiger partial charge is 0.397 e. The first-order chi connectivity index (χ1) is 16.9. The van der Waals surface area contributed by atoms with Crippen molar-refractivity contribution in [3.8, 4) is 0 Å². The molecule has 0 aliphatic heterocycles. The van der Waals surface area contributed by atoms with E-state index in [1.165, 1.54) is 12.1 Å². The Morgan fingerprint density at radius 3 is 2.26 bits per heavy atom. The Labute approximate surface area is 210 Å². The molecule has 2 amide bonds. The lowest BCUT2D eigenvalue weighted by molar-refractivity contribution is -0.118. The number of rotatable bonds is 11. The molecule has 0 spiro atoms. The zero-order valence-electron chi connectivity index (χ0n) is 19.7. The maximum atomic E-state index is 14.0. The summed E-state index contributed by atoms with van der Waals surface area (Å²) in [6, 6.07) is 21.0. The van der Waals surface area contributed by atoms with Crippen molar-refractivity contribution in [1.29, 1.82) is 0 Å². The number of unbranched alkanes of at least 4 members (excludes halogenated alkanes) is 2. The highest BCUT2D eigenvalue weighted by Crippen LogP contribution is 2.29. The van der Waals surface area contributed by atoms with Crippen molar-refractivity contribution in [1.82, 2.24) is 0 Å². The number of para-hydroxylation sites is 2. The van der Waals surface area contributed by atoms with Gasteiger partial charge in [-0.05, 0) is 72.7 Å². The lowest BCUT2D eigenvalue weighted by Crippen LogP contribution is -2.33. The number of amides is 2. The number of carbonyl (C=O) groups is 2. The Morgan fingerprint density at radius 2 is 1.63 bits per heavy atom. The highest BCUT2D eigenvalue weighted by Gasteiger charge is 2.23. The van der Waals surface area contributed by atoms with Crippen molar-refractivity contribution in [3.63, 3.8) is 0 Å². The summed E-state index contributed by atoms with van der Waals surface area (Å²) in [4.78, 5) is 27.8. The van der Waals surface area contributed by atoms with Crippen molar-refractivity contribution in [3.05, 3.63) is 89.7 Å². The maximum Gasteiger partial charge on any atom is 0.258 e. The van der Waals surface area contributed by atoms with Crippen LogP contribution in [0.1, 0.15) is 36.8 Å². The third kappa shape index (κ3) is 7.45. The fourth-order valence-corrected chi connectivity index (χ4v) is 4.13. The number of hydrogen-bond acceptors (Lipinski definition) is 4. The summed E-state index contributed by atoms with van der Waals surface area (Å²) in [5.41, 5.74) is 14.5. The molecule has 3 aromatic carbocycles. The van der Waals surface area contributed by atoms with Gasteiger partial charge in [-0.15, -0.1) is 11.8 Å². The first kappa shape index (κ1) is 26.0. The van der Waals surface area contributed by atoms with Gasteiger partial charge >= 0.3 is 0 Å². The molecule has 0 saturated carbocycles. The summed E-state index contributed by atoms with van der Waals surface area (Å²) in [5, 5.41) is 0. The summed E-state index contributed by atoms with van der Waals surface area (Å²) in [5.74, 6) is -0.943. The van der Waals surface area contributed by atoms with Gasteiger partial charge in [0.25, 0.3) is 5.91 Å². The molecule has 0 bridgehead atoms. The average Bonchev–Trinajstić information content (AvgIpc) is 2.86. The second-order valence-electron chi connectivity index (χ2n) is 8.13. The Balaban J connectivity index is 1.98. The molecule has 0 saturated heterocycles. The Morgan fingerprint density at radius 1 is 0.943 bits per heavy atom. The van der Waals surface area contributed by atoms with Crippen LogP contribution in [-0.4, -0.2) is 24.6 Å². The van der Waals surface area contributed by atoms with E-state index < -0.39 is 0 Å². The van der Waals surface area contributed by atoms with Crippen molar-refractivity contribution in [2.24, 2.45) is 5.73 Å². The van der Waals surface area contributed by atoms with Crippen molar-refractivity contribution in [2.75, 3.05) is 23.4 Å². The van der Waals surface area contributed by atoms with Crippen LogP contribution in [0.4, 0.5) is 15.8 Å². The van der Waals surface area contributed by atoms with Gasteiger partial charge < -0.3 is 16.4 Å². The normalized spacial score (nSPS) is 11.3. The number of benzene rings is 3. The maximum absolute atomic E-state index is 14.0. The molecule has 35 heavy (non-hydrogen) atoms. The van der Waals surface area contributed by atoms with Crippen molar-refractivity contribution in [2.45, 2.75) is 30.6 Å². The number of carbonyl (C=O) groups excluding carboxylic acids is 2. The molecule has 3 aromatic rings. The summed E-state index contributed by atoms with van der Waals surface area (Å²) in [6.07, 6.45) is 6.21. The molecule has 0 aliphatic rings. The standard InChI is InChI=1S/C28H30FN3O2S/c1-35-23-16-10-20(11-17-23)19-24(21-12-14-22(29)15-13-21)28(34)32(18-6-2-3-9-27(31)33)26-8-5-4-7-25(26)30/h4-5,7-8,10-17,19H,2-3,6,9,18,30H2,1H3,(H2,31,33)/b24-19+. The zero-order chi connectivity index (χ0) is 25.2. The number of nitrogen functional groups attached to an aromatic ring is 1. The van der Waals surface area contributed by atoms with E-state index in [9.17, 15) is 14.0 Å². The Bertz CT molecular complexity index is 1180.